The predicted octanol–water partition coefficient (Wildman–Crippen LogP) is 3.49. The summed E-state index contributed by atoms with van der Waals surface area (Å²) in [5.41, 5.74) is 1.55. The molecule has 3 atom stereocenters. The second-order valence-corrected chi connectivity index (χ2v) is 6.29. The van der Waals surface area contributed by atoms with Crippen molar-refractivity contribution in [1.29, 1.82) is 0 Å². The molecule has 0 radical (unpaired) electrons. The molecule has 2 nitrogen and oxygen atoms in total. The Balaban J connectivity index is 1.67. The second-order valence-electron chi connectivity index (χ2n) is 6.29. The minimum Gasteiger partial charge on any atom is -0.501 e. The number of hydrogen-bond donors (Lipinski definition) is 1. The molecule has 2 saturated carbocycles. The number of fused-ring (bicyclic) bond motifs is 1. The maximum Gasteiger partial charge on any atom is 0.0876 e. The van der Waals surface area contributed by atoms with Crippen molar-refractivity contribution in [2.45, 2.75) is 57.9 Å². The highest BCUT2D eigenvalue weighted by molar-refractivity contribution is 5.19. The quantitative estimate of drug-likeness (QED) is 0.805. The highest BCUT2D eigenvalue weighted by Gasteiger charge is 2.54. The third-order valence-corrected chi connectivity index (χ3v) is 5.08. The fourth-order valence-corrected chi connectivity index (χ4v) is 4.17. The van der Waals surface area contributed by atoms with Crippen LogP contribution in [0.1, 0.15) is 51.9 Å². The van der Waals surface area contributed by atoms with Gasteiger partial charge in [0.25, 0.3) is 0 Å². The summed E-state index contributed by atoms with van der Waals surface area (Å²) in [5, 5.41) is 3.81. The van der Waals surface area contributed by atoms with Crippen molar-refractivity contribution in [1.82, 2.24) is 5.32 Å². The van der Waals surface area contributed by atoms with Crippen LogP contribution < -0.4 is 5.32 Å². The zero-order valence-corrected chi connectivity index (χ0v) is 11.7. The Bertz CT molecular complexity index is 300. The van der Waals surface area contributed by atoms with Crippen LogP contribution in [0.4, 0.5) is 0 Å². The summed E-state index contributed by atoms with van der Waals surface area (Å²) in [5.74, 6) is 2.97. The fraction of sp³-hybridized carbons (Fsp3) is 0.875. The van der Waals surface area contributed by atoms with Crippen LogP contribution in [-0.4, -0.2) is 19.2 Å². The maximum absolute atomic E-state index is 5.57. The molecule has 0 aromatic rings. The molecule has 0 spiro atoms. The van der Waals surface area contributed by atoms with Crippen LogP contribution in [-0.2, 0) is 4.74 Å². The highest BCUT2D eigenvalue weighted by Crippen LogP contribution is 2.58. The Kier molecular flexibility index (Phi) is 3.93. The topological polar surface area (TPSA) is 21.3 Å². The molecule has 2 fully saturated rings. The molecule has 2 aliphatic carbocycles. The van der Waals surface area contributed by atoms with Gasteiger partial charge in [-0.25, -0.2) is 0 Å². The first-order valence-corrected chi connectivity index (χ1v) is 7.95. The molecule has 1 aliphatic heterocycles. The molecule has 1 N–H and O–H groups in total. The lowest BCUT2D eigenvalue weighted by Gasteiger charge is -2.25. The van der Waals surface area contributed by atoms with E-state index in [1.807, 2.05) is 0 Å². The largest absolute Gasteiger partial charge is 0.501 e. The van der Waals surface area contributed by atoms with E-state index in [9.17, 15) is 0 Å². The van der Waals surface area contributed by atoms with Gasteiger partial charge in [-0.3, -0.25) is 0 Å². The van der Waals surface area contributed by atoms with Crippen molar-refractivity contribution in [2.24, 2.45) is 17.8 Å². The van der Waals surface area contributed by atoms with Gasteiger partial charge in [0.15, 0.2) is 0 Å². The number of rotatable bonds is 5. The van der Waals surface area contributed by atoms with Gasteiger partial charge in [-0.2, -0.15) is 0 Å². The summed E-state index contributed by atoms with van der Waals surface area (Å²) < 4.78 is 5.57. The van der Waals surface area contributed by atoms with Crippen molar-refractivity contribution in [3.8, 4) is 0 Å². The van der Waals surface area contributed by atoms with Crippen LogP contribution in [0.3, 0.4) is 0 Å². The molecule has 0 amide bonds. The zero-order valence-electron chi connectivity index (χ0n) is 11.7. The lowest BCUT2D eigenvalue weighted by Crippen LogP contribution is -2.35. The lowest BCUT2D eigenvalue weighted by atomic mass is 9.96. The Hall–Kier alpha value is -0.500. The second kappa shape index (κ2) is 5.64. The van der Waals surface area contributed by atoms with E-state index in [-0.39, 0.29) is 0 Å². The van der Waals surface area contributed by atoms with E-state index in [4.69, 9.17) is 4.74 Å². The van der Waals surface area contributed by atoms with Crippen molar-refractivity contribution in [3.63, 3.8) is 0 Å². The summed E-state index contributed by atoms with van der Waals surface area (Å²) in [6.07, 6.45) is 11.6. The minimum atomic E-state index is 0.623. The van der Waals surface area contributed by atoms with Crippen LogP contribution in [0.5, 0.6) is 0 Å². The molecule has 18 heavy (non-hydrogen) atoms. The van der Waals surface area contributed by atoms with E-state index in [1.165, 1.54) is 44.9 Å². The molecule has 1 heterocycles. The SMILES string of the molecule is CCCNC(C1=COCCC1)C1C2CCCCC21. The van der Waals surface area contributed by atoms with Gasteiger partial charge in [-0.05, 0) is 62.0 Å². The molecule has 3 rings (SSSR count). The summed E-state index contributed by atoms with van der Waals surface area (Å²) in [4.78, 5) is 0. The molecule has 0 aromatic carbocycles. The Labute approximate surface area is 111 Å². The van der Waals surface area contributed by atoms with Crippen molar-refractivity contribution >= 4 is 0 Å². The van der Waals surface area contributed by atoms with Crippen LogP contribution >= 0.6 is 0 Å². The summed E-state index contributed by atoms with van der Waals surface area (Å²) in [6, 6.07) is 0.623. The van der Waals surface area contributed by atoms with Gasteiger partial charge < -0.3 is 10.1 Å². The molecular weight excluding hydrogens is 222 g/mol. The molecule has 3 aliphatic rings. The van der Waals surface area contributed by atoms with Gasteiger partial charge in [-0.15, -0.1) is 0 Å². The standard InChI is InChI=1S/C16H27NO/c1-2-9-17-16(12-6-5-10-18-11-12)15-13-7-3-4-8-14(13)15/h11,13-17H,2-10H2,1H3. The number of hydrogen-bond acceptors (Lipinski definition) is 2. The first kappa shape index (κ1) is 12.5. The highest BCUT2D eigenvalue weighted by atomic mass is 16.5. The Morgan fingerprint density at radius 3 is 2.67 bits per heavy atom. The monoisotopic (exact) mass is 249 g/mol. The van der Waals surface area contributed by atoms with Gasteiger partial charge in [-0.1, -0.05) is 19.8 Å². The molecular formula is C16H27NO. The molecule has 0 saturated heterocycles. The van der Waals surface area contributed by atoms with Crippen LogP contribution in [0.15, 0.2) is 11.8 Å². The minimum absolute atomic E-state index is 0.623. The third-order valence-electron chi connectivity index (χ3n) is 5.08. The first-order chi connectivity index (χ1) is 8.92. The normalized spacial score (nSPS) is 36.3. The molecule has 0 bridgehead atoms. The number of nitrogens with one attached hydrogen (secondary N) is 1. The van der Waals surface area contributed by atoms with Crippen LogP contribution in [0, 0.1) is 17.8 Å². The number of ether oxygens (including phenoxy) is 1. The zero-order chi connectivity index (χ0) is 12.4. The smallest absolute Gasteiger partial charge is 0.0876 e. The summed E-state index contributed by atoms with van der Waals surface area (Å²) >= 11 is 0. The third kappa shape index (κ3) is 2.45. The average Bonchev–Trinajstić information content (AvgIpc) is 3.15. The van der Waals surface area contributed by atoms with E-state index >= 15 is 0 Å². The van der Waals surface area contributed by atoms with Crippen molar-refractivity contribution in [2.75, 3.05) is 13.2 Å². The van der Waals surface area contributed by atoms with Gasteiger partial charge in [0.05, 0.1) is 12.9 Å². The molecule has 2 heteroatoms. The van der Waals surface area contributed by atoms with E-state index < -0.39 is 0 Å². The average molecular weight is 249 g/mol. The van der Waals surface area contributed by atoms with Crippen LogP contribution in [0.2, 0.25) is 0 Å². The van der Waals surface area contributed by atoms with E-state index in [0.29, 0.717) is 6.04 Å². The van der Waals surface area contributed by atoms with E-state index in [1.54, 1.807) is 5.57 Å². The Morgan fingerprint density at radius 2 is 2.06 bits per heavy atom. The first-order valence-electron chi connectivity index (χ1n) is 7.95. The van der Waals surface area contributed by atoms with Crippen molar-refractivity contribution in [3.05, 3.63) is 11.8 Å². The summed E-state index contributed by atoms with van der Waals surface area (Å²) in [6.45, 7) is 4.33. The lowest BCUT2D eigenvalue weighted by molar-refractivity contribution is 0.217. The van der Waals surface area contributed by atoms with Gasteiger partial charge in [0, 0.05) is 6.04 Å². The molecule has 102 valence electrons. The Morgan fingerprint density at radius 1 is 1.28 bits per heavy atom. The molecule has 3 unspecified atom stereocenters. The fourth-order valence-electron chi connectivity index (χ4n) is 4.17. The van der Waals surface area contributed by atoms with Gasteiger partial charge >= 0.3 is 0 Å². The van der Waals surface area contributed by atoms with Gasteiger partial charge in [0.2, 0.25) is 0 Å². The van der Waals surface area contributed by atoms with Gasteiger partial charge in [0.1, 0.15) is 0 Å². The maximum atomic E-state index is 5.57. The van der Waals surface area contributed by atoms with Crippen LogP contribution in [0.25, 0.3) is 0 Å². The van der Waals surface area contributed by atoms with Crippen molar-refractivity contribution < 1.29 is 4.74 Å². The summed E-state index contributed by atoms with van der Waals surface area (Å²) in [7, 11) is 0. The van der Waals surface area contributed by atoms with E-state index in [2.05, 4.69) is 18.5 Å². The predicted molar refractivity (Wildman–Crippen MR) is 74.3 cm³/mol. The van der Waals surface area contributed by atoms with E-state index in [0.717, 1.165) is 30.9 Å². The molecule has 0 aromatic heterocycles.